The van der Waals surface area contributed by atoms with Gasteiger partial charge in [0.1, 0.15) is 0 Å². The molecule has 2 amide bonds. The molecule has 0 N–H and O–H groups in total. The number of rotatable bonds is 7. The lowest BCUT2D eigenvalue weighted by Gasteiger charge is -2.48. The lowest BCUT2D eigenvalue weighted by molar-refractivity contribution is -0.133. The summed E-state index contributed by atoms with van der Waals surface area (Å²) >= 11 is 0. The highest BCUT2D eigenvalue weighted by molar-refractivity contribution is 5.87. The van der Waals surface area contributed by atoms with Crippen molar-refractivity contribution in [3.8, 4) is 6.07 Å². The quantitative estimate of drug-likeness (QED) is 0.605. The van der Waals surface area contributed by atoms with Crippen molar-refractivity contribution in [2.75, 3.05) is 39.3 Å². The van der Waals surface area contributed by atoms with Crippen LogP contribution in [-0.4, -0.2) is 94.8 Å². The summed E-state index contributed by atoms with van der Waals surface area (Å²) in [6.45, 7) is 18.3. The van der Waals surface area contributed by atoms with Gasteiger partial charge in [-0.1, -0.05) is 20.1 Å². The molecule has 0 aromatic carbocycles. The summed E-state index contributed by atoms with van der Waals surface area (Å²) in [7, 11) is 0. The van der Waals surface area contributed by atoms with E-state index in [9.17, 15) is 14.9 Å². The van der Waals surface area contributed by atoms with E-state index < -0.39 is 0 Å². The van der Waals surface area contributed by atoms with Crippen molar-refractivity contribution in [3.05, 3.63) is 25.3 Å². The fraction of sp³-hybridized carbons (Fsp3) is 0.682. The van der Waals surface area contributed by atoms with E-state index >= 15 is 0 Å². The Balaban J connectivity index is 2.02. The van der Waals surface area contributed by atoms with Crippen LogP contribution in [0.25, 0.3) is 0 Å². The van der Waals surface area contributed by atoms with Gasteiger partial charge in [0, 0.05) is 57.4 Å². The molecular formula is C22H35N5O2. The van der Waals surface area contributed by atoms with Crippen molar-refractivity contribution in [2.24, 2.45) is 0 Å². The number of carbonyl (C=O) groups excluding carboxylic acids is 2. The molecule has 0 radical (unpaired) electrons. The molecule has 0 bridgehead atoms. The first-order chi connectivity index (χ1) is 13.9. The van der Waals surface area contributed by atoms with Crippen LogP contribution in [0, 0.1) is 11.3 Å². The van der Waals surface area contributed by atoms with Crippen LogP contribution in [0.15, 0.2) is 25.3 Å². The second-order valence-electron chi connectivity index (χ2n) is 8.02. The normalized spacial score (nSPS) is 25.7. The van der Waals surface area contributed by atoms with E-state index in [2.05, 4.69) is 49.8 Å². The Bertz CT molecular complexity index is 658. The summed E-state index contributed by atoms with van der Waals surface area (Å²) in [4.78, 5) is 32.8. The lowest BCUT2D eigenvalue weighted by Crippen LogP contribution is -2.63. The van der Waals surface area contributed by atoms with Gasteiger partial charge < -0.3 is 9.80 Å². The standard InChI is InChI=1S/C22H35N5O2/c1-6-19-15-24(11-13-26(19)21(28)7-2)17(4)18(5)25-12-14-27(22(29)8-3)20(16-25)9-10-23/h7-8,17-20H,2-3,6,9,11-16H2,1,4-5H3/t17?,18?,19-,20?/m0/s1. The van der Waals surface area contributed by atoms with E-state index in [1.165, 1.54) is 12.2 Å². The highest BCUT2D eigenvalue weighted by Gasteiger charge is 2.36. The van der Waals surface area contributed by atoms with E-state index in [1.807, 2.05) is 4.90 Å². The van der Waals surface area contributed by atoms with Crippen LogP contribution in [0.1, 0.15) is 33.6 Å². The molecule has 0 aromatic heterocycles. The number of carbonyl (C=O) groups is 2. The van der Waals surface area contributed by atoms with Crippen molar-refractivity contribution in [1.82, 2.24) is 19.6 Å². The van der Waals surface area contributed by atoms with Gasteiger partial charge in [0.15, 0.2) is 0 Å². The molecule has 2 aliphatic heterocycles. The topological polar surface area (TPSA) is 70.9 Å². The van der Waals surface area contributed by atoms with E-state index in [-0.39, 0.29) is 29.9 Å². The van der Waals surface area contributed by atoms with Crippen LogP contribution in [0.5, 0.6) is 0 Å². The van der Waals surface area contributed by atoms with Crippen molar-refractivity contribution in [2.45, 2.75) is 57.8 Å². The van der Waals surface area contributed by atoms with Crippen LogP contribution in [0.3, 0.4) is 0 Å². The second kappa shape index (κ2) is 10.6. The maximum absolute atomic E-state index is 12.1. The Morgan fingerprint density at radius 2 is 1.41 bits per heavy atom. The summed E-state index contributed by atoms with van der Waals surface area (Å²) in [5.74, 6) is -0.0843. The molecule has 0 spiro atoms. The number of hydrogen-bond acceptors (Lipinski definition) is 5. The smallest absolute Gasteiger partial charge is 0.246 e. The molecule has 0 aliphatic carbocycles. The molecule has 7 heteroatoms. The van der Waals surface area contributed by atoms with E-state index in [1.54, 1.807) is 4.90 Å². The molecule has 3 unspecified atom stereocenters. The van der Waals surface area contributed by atoms with E-state index in [0.29, 0.717) is 25.6 Å². The largest absolute Gasteiger partial charge is 0.334 e. The van der Waals surface area contributed by atoms with Gasteiger partial charge in [0.2, 0.25) is 11.8 Å². The van der Waals surface area contributed by atoms with Gasteiger partial charge in [0.25, 0.3) is 0 Å². The average Bonchev–Trinajstić information content (AvgIpc) is 2.76. The Morgan fingerprint density at radius 3 is 1.83 bits per heavy atom. The van der Waals surface area contributed by atoms with Gasteiger partial charge >= 0.3 is 0 Å². The maximum Gasteiger partial charge on any atom is 0.246 e. The fourth-order valence-corrected chi connectivity index (χ4v) is 4.55. The fourth-order valence-electron chi connectivity index (χ4n) is 4.55. The van der Waals surface area contributed by atoms with E-state index in [0.717, 1.165) is 32.6 Å². The van der Waals surface area contributed by atoms with E-state index in [4.69, 9.17) is 0 Å². The van der Waals surface area contributed by atoms with Crippen molar-refractivity contribution in [1.29, 1.82) is 5.26 Å². The first-order valence-electron chi connectivity index (χ1n) is 10.6. The van der Waals surface area contributed by atoms with Crippen LogP contribution in [0.2, 0.25) is 0 Å². The van der Waals surface area contributed by atoms with Crippen LogP contribution in [0.4, 0.5) is 0 Å². The molecule has 4 atom stereocenters. The van der Waals surface area contributed by atoms with Crippen molar-refractivity contribution in [3.63, 3.8) is 0 Å². The minimum absolute atomic E-state index is 0.0135. The highest BCUT2D eigenvalue weighted by Crippen LogP contribution is 2.22. The summed E-state index contributed by atoms with van der Waals surface area (Å²) in [5, 5.41) is 9.20. The third-order valence-electron chi connectivity index (χ3n) is 6.59. The molecular weight excluding hydrogens is 366 g/mol. The lowest BCUT2D eigenvalue weighted by atomic mass is 10.0. The zero-order valence-corrected chi connectivity index (χ0v) is 18.1. The van der Waals surface area contributed by atoms with Crippen molar-refractivity contribution < 1.29 is 9.59 Å². The average molecular weight is 402 g/mol. The number of amides is 2. The van der Waals surface area contributed by atoms with Gasteiger partial charge in [-0.05, 0) is 32.4 Å². The second-order valence-corrected chi connectivity index (χ2v) is 8.02. The monoisotopic (exact) mass is 401 g/mol. The van der Waals surface area contributed by atoms with Crippen LogP contribution < -0.4 is 0 Å². The first-order valence-corrected chi connectivity index (χ1v) is 10.6. The summed E-state index contributed by atoms with van der Waals surface area (Å²) in [6.07, 6.45) is 3.99. The maximum atomic E-state index is 12.1. The van der Waals surface area contributed by atoms with Gasteiger partial charge in [-0.25, -0.2) is 0 Å². The number of nitrogens with zero attached hydrogens (tertiary/aromatic N) is 5. The summed E-state index contributed by atoms with van der Waals surface area (Å²) in [6, 6.07) is 2.93. The van der Waals surface area contributed by atoms with Gasteiger partial charge in [0.05, 0.1) is 18.5 Å². The molecule has 2 aliphatic rings. The Labute approximate surface area is 175 Å². The summed E-state index contributed by atoms with van der Waals surface area (Å²) in [5.41, 5.74) is 0. The molecule has 2 saturated heterocycles. The zero-order valence-electron chi connectivity index (χ0n) is 18.1. The number of hydrogen-bond donors (Lipinski definition) is 0. The molecule has 2 rings (SSSR count). The van der Waals surface area contributed by atoms with Gasteiger partial charge in [-0.2, -0.15) is 5.26 Å². The van der Waals surface area contributed by atoms with Crippen molar-refractivity contribution >= 4 is 11.8 Å². The predicted octanol–water partition coefficient (Wildman–Crippen LogP) is 1.48. The highest BCUT2D eigenvalue weighted by atomic mass is 16.2. The minimum Gasteiger partial charge on any atom is -0.334 e. The molecule has 0 aromatic rings. The Morgan fingerprint density at radius 1 is 0.966 bits per heavy atom. The SMILES string of the molecule is C=CC(=O)N1CCN(C(C)C(C)N2CCN(C(=O)C=C)[C@@H](CC)C2)CC1CC#N. The Hall–Kier alpha value is -2.17. The van der Waals surface area contributed by atoms with Crippen LogP contribution >= 0.6 is 0 Å². The molecule has 2 fully saturated rings. The molecule has 0 saturated carbocycles. The van der Waals surface area contributed by atoms with Gasteiger partial charge in [-0.15, -0.1) is 0 Å². The van der Waals surface area contributed by atoms with Gasteiger partial charge in [-0.3, -0.25) is 19.4 Å². The predicted molar refractivity (Wildman–Crippen MR) is 114 cm³/mol. The summed E-state index contributed by atoms with van der Waals surface area (Å²) < 4.78 is 0. The number of piperazine rings is 2. The minimum atomic E-state index is -0.0978. The molecule has 160 valence electrons. The molecule has 29 heavy (non-hydrogen) atoms. The van der Waals surface area contributed by atoms with Crippen LogP contribution in [-0.2, 0) is 9.59 Å². The molecule has 7 nitrogen and oxygen atoms in total. The zero-order chi connectivity index (χ0) is 21.6. The Kier molecular flexibility index (Phi) is 8.42. The molecule has 2 heterocycles. The number of nitriles is 1. The third-order valence-corrected chi connectivity index (χ3v) is 6.59. The third kappa shape index (κ3) is 5.26. The first kappa shape index (κ1) is 23.1.